The van der Waals surface area contributed by atoms with Crippen LogP contribution in [0.15, 0.2) is 60.7 Å². The number of carbonyl (C=O) groups excluding carboxylic acids is 2. The SMILES string of the molecule is CC(=O)CCC(=O)OC[C@H](OCc1ccccc1)[C@H](O)[C@@H](CO)OCc1ccccc1. The molecule has 0 bridgehead atoms. The number of benzene rings is 2. The van der Waals surface area contributed by atoms with Gasteiger partial charge in [0.15, 0.2) is 0 Å². The first-order valence-electron chi connectivity index (χ1n) is 10.2. The zero-order chi connectivity index (χ0) is 22.5. The maximum Gasteiger partial charge on any atom is 0.306 e. The van der Waals surface area contributed by atoms with Crippen LogP contribution >= 0.6 is 0 Å². The molecule has 0 heterocycles. The average Bonchev–Trinajstić information content (AvgIpc) is 2.79. The lowest BCUT2D eigenvalue weighted by atomic mass is 10.1. The Hall–Kier alpha value is -2.58. The lowest BCUT2D eigenvalue weighted by Gasteiger charge is -2.29. The number of hydrogen-bond donors (Lipinski definition) is 2. The van der Waals surface area contributed by atoms with E-state index in [1.54, 1.807) is 0 Å². The quantitative estimate of drug-likeness (QED) is 0.444. The predicted octanol–water partition coefficient (Wildman–Crippen LogP) is 2.42. The molecule has 0 aliphatic carbocycles. The lowest BCUT2D eigenvalue weighted by Crippen LogP contribution is -2.45. The number of ketones is 1. The summed E-state index contributed by atoms with van der Waals surface area (Å²) in [6, 6.07) is 18.7. The minimum absolute atomic E-state index is 0.0369. The molecule has 0 fully saturated rings. The van der Waals surface area contributed by atoms with E-state index in [1.807, 2.05) is 60.7 Å². The zero-order valence-electron chi connectivity index (χ0n) is 17.7. The minimum Gasteiger partial charge on any atom is -0.463 e. The molecule has 0 aliphatic heterocycles. The van der Waals surface area contributed by atoms with Crippen LogP contribution in [0.4, 0.5) is 0 Å². The first-order chi connectivity index (χ1) is 15.0. The summed E-state index contributed by atoms with van der Waals surface area (Å²) < 4.78 is 16.7. The minimum atomic E-state index is -1.24. The molecule has 0 aliphatic rings. The summed E-state index contributed by atoms with van der Waals surface area (Å²) in [6.07, 6.45) is -3.04. The second-order valence-corrected chi connectivity index (χ2v) is 7.23. The number of ether oxygens (including phenoxy) is 3. The smallest absolute Gasteiger partial charge is 0.306 e. The fourth-order valence-electron chi connectivity index (χ4n) is 2.82. The summed E-state index contributed by atoms with van der Waals surface area (Å²) in [6.45, 7) is 1.13. The second kappa shape index (κ2) is 13.7. The monoisotopic (exact) mass is 430 g/mol. The van der Waals surface area contributed by atoms with Crippen LogP contribution in [0.3, 0.4) is 0 Å². The molecule has 2 aromatic rings. The van der Waals surface area contributed by atoms with Gasteiger partial charge in [0, 0.05) is 6.42 Å². The van der Waals surface area contributed by atoms with Crippen molar-refractivity contribution >= 4 is 11.8 Å². The van der Waals surface area contributed by atoms with Gasteiger partial charge in [-0.3, -0.25) is 4.79 Å². The van der Waals surface area contributed by atoms with Crippen LogP contribution in [0, 0.1) is 0 Å². The Kier molecular flexibility index (Phi) is 10.9. The molecule has 0 amide bonds. The Bertz CT molecular complexity index is 779. The summed E-state index contributed by atoms with van der Waals surface area (Å²) in [5, 5.41) is 20.5. The zero-order valence-corrected chi connectivity index (χ0v) is 17.7. The van der Waals surface area contributed by atoms with Gasteiger partial charge < -0.3 is 29.2 Å². The molecule has 7 heteroatoms. The largest absolute Gasteiger partial charge is 0.463 e. The van der Waals surface area contributed by atoms with Gasteiger partial charge in [0.1, 0.15) is 30.7 Å². The van der Waals surface area contributed by atoms with Gasteiger partial charge in [-0.05, 0) is 18.1 Å². The maximum absolute atomic E-state index is 11.9. The van der Waals surface area contributed by atoms with Crippen LogP contribution in [-0.2, 0) is 37.0 Å². The van der Waals surface area contributed by atoms with Gasteiger partial charge in [0.2, 0.25) is 0 Å². The van der Waals surface area contributed by atoms with Crippen molar-refractivity contribution in [3.8, 4) is 0 Å². The standard InChI is InChI=1S/C24H30O7/c1-18(26)12-13-23(27)31-17-22(30-16-20-10-6-3-7-11-20)24(28)21(14-25)29-15-19-8-4-2-5-9-19/h2-11,21-22,24-25,28H,12-17H2,1H3/t21-,22+,24-/m1/s1. The Balaban J connectivity index is 1.98. The molecule has 3 atom stereocenters. The first-order valence-corrected chi connectivity index (χ1v) is 10.2. The van der Waals surface area contributed by atoms with Gasteiger partial charge in [-0.25, -0.2) is 0 Å². The summed E-state index contributed by atoms with van der Waals surface area (Å²) in [5.41, 5.74) is 1.78. The Morgan fingerprint density at radius 2 is 1.35 bits per heavy atom. The highest BCUT2D eigenvalue weighted by Gasteiger charge is 2.30. The van der Waals surface area contributed by atoms with Crippen LogP contribution in [0.5, 0.6) is 0 Å². The van der Waals surface area contributed by atoms with Crippen LogP contribution < -0.4 is 0 Å². The Morgan fingerprint density at radius 1 is 0.839 bits per heavy atom. The number of Topliss-reactive ketones (excluding diaryl/α,β-unsaturated/α-hetero) is 1. The third-order valence-electron chi connectivity index (χ3n) is 4.65. The molecule has 7 nitrogen and oxygen atoms in total. The molecule has 0 aromatic heterocycles. The van der Waals surface area contributed by atoms with E-state index in [1.165, 1.54) is 6.92 Å². The highest BCUT2D eigenvalue weighted by atomic mass is 16.6. The average molecular weight is 430 g/mol. The van der Waals surface area contributed by atoms with E-state index in [2.05, 4.69) is 0 Å². The number of esters is 1. The fourth-order valence-corrected chi connectivity index (χ4v) is 2.82. The molecule has 2 N–H and O–H groups in total. The lowest BCUT2D eigenvalue weighted by molar-refractivity contribution is -0.165. The Labute approximate surface area is 182 Å². The van der Waals surface area contributed by atoms with Crippen molar-refractivity contribution in [1.29, 1.82) is 0 Å². The highest BCUT2D eigenvalue weighted by Crippen LogP contribution is 2.14. The molecule has 168 valence electrons. The molecule has 0 unspecified atom stereocenters. The van der Waals surface area contributed by atoms with Crippen molar-refractivity contribution < 1.29 is 34.0 Å². The van der Waals surface area contributed by atoms with Crippen molar-refractivity contribution in [3.63, 3.8) is 0 Å². The van der Waals surface area contributed by atoms with Crippen molar-refractivity contribution in [2.45, 2.75) is 51.3 Å². The van der Waals surface area contributed by atoms with Crippen molar-refractivity contribution in [3.05, 3.63) is 71.8 Å². The van der Waals surface area contributed by atoms with Crippen molar-refractivity contribution in [2.75, 3.05) is 13.2 Å². The number of rotatable bonds is 14. The van der Waals surface area contributed by atoms with E-state index >= 15 is 0 Å². The molecule has 31 heavy (non-hydrogen) atoms. The third kappa shape index (κ3) is 9.40. The molecular weight excluding hydrogens is 400 g/mol. The normalized spacial score (nSPS) is 13.9. The van der Waals surface area contributed by atoms with Crippen molar-refractivity contribution in [1.82, 2.24) is 0 Å². The number of aliphatic hydroxyl groups excluding tert-OH is 2. The van der Waals surface area contributed by atoms with Gasteiger partial charge in [0.05, 0.1) is 26.2 Å². The molecule has 0 radical (unpaired) electrons. The van der Waals surface area contributed by atoms with E-state index in [-0.39, 0.29) is 38.4 Å². The number of aliphatic hydroxyl groups is 2. The van der Waals surface area contributed by atoms with Gasteiger partial charge in [0.25, 0.3) is 0 Å². The summed E-state index contributed by atoms with van der Waals surface area (Å²) in [7, 11) is 0. The highest BCUT2D eigenvalue weighted by molar-refractivity contribution is 5.80. The molecule has 0 saturated heterocycles. The first kappa shape index (κ1) is 24.7. The topological polar surface area (TPSA) is 102 Å². The van der Waals surface area contributed by atoms with E-state index in [0.717, 1.165) is 11.1 Å². The van der Waals surface area contributed by atoms with Crippen molar-refractivity contribution in [2.24, 2.45) is 0 Å². The van der Waals surface area contributed by atoms with Crippen LogP contribution in [0.1, 0.15) is 30.9 Å². The van der Waals surface area contributed by atoms with Gasteiger partial charge in [-0.15, -0.1) is 0 Å². The molecule has 2 aromatic carbocycles. The third-order valence-corrected chi connectivity index (χ3v) is 4.65. The molecule has 2 rings (SSSR count). The summed E-state index contributed by atoms with van der Waals surface area (Å²) >= 11 is 0. The molecule has 0 spiro atoms. The Morgan fingerprint density at radius 3 is 1.84 bits per heavy atom. The fraction of sp³-hybridized carbons (Fsp3) is 0.417. The van der Waals surface area contributed by atoms with E-state index in [4.69, 9.17) is 14.2 Å². The van der Waals surface area contributed by atoms with E-state index in [9.17, 15) is 19.8 Å². The maximum atomic E-state index is 11.9. The van der Waals surface area contributed by atoms with Gasteiger partial charge in [-0.2, -0.15) is 0 Å². The van der Waals surface area contributed by atoms with Crippen LogP contribution in [-0.4, -0.2) is 53.5 Å². The van der Waals surface area contributed by atoms with Crippen LogP contribution in [0.2, 0.25) is 0 Å². The van der Waals surface area contributed by atoms with E-state index in [0.29, 0.717) is 0 Å². The van der Waals surface area contributed by atoms with Gasteiger partial charge >= 0.3 is 5.97 Å². The summed E-state index contributed by atoms with van der Waals surface area (Å²) in [5.74, 6) is -0.662. The van der Waals surface area contributed by atoms with Crippen LogP contribution in [0.25, 0.3) is 0 Å². The summed E-state index contributed by atoms with van der Waals surface area (Å²) in [4.78, 5) is 23.0. The molecule has 0 saturated carbocycles. The number of carbonyl (C=O) groups is 2. The number of hydrogen-bond acceptors (Lipinski definition) is 7. The van der Waals surface area contributed by atoms with Gasteiger partial charge in [-0.1, -0.05) is 60.7 Å². The van der Waals surface area contributed by atoms with E-state index < -0.39 is 30.9 Å². The molecular formula is C24H30O7. The second-order valence-electron chi connectivity index (χ2n) is 7.23. The predicted molar refractivity (Wildman–Crippen MR) is 114 cm³/mol.